The Morgan fingerprint density at radius 3 is 1.92 bits per heavy atom. The minimum Gasteiger partial charge on any atom is -0.379 e. The van der Waals surface area contributed by atoms with Crippen LogP contribution in [0.2, 0.25) is 0 Å². The van der Waals surface area contributed by atoms with E-state index < -0.39 is 0 Å². The summed E-state index contributed by atoms with van der Waals surface area (Å²) in [6.45, 7) is 9.86. The number of hydrogen-bond acceptors (Lipinski definition) is 1. The lowest BCUT2D eigenvalue weighted by Gasteiger charge is -2.41. The zero-order valence-corrected chi connectivity index (χ0v) is 18.5. The van der Waals surface area contributed by atoms with Gasteiger partial charge in [-0.05, 0) is 70.1 Å². The lowest BCUT2D eigenvalue weighted by molar-refractivity contribution is -0.0426. The summed E-state index contributed by atoms with van der Waals surface area (Å²) < 4.78 is 5.69. The van der Waals surface area contributed by atoms with Crippen LogP contribution in [0.25, 0.3) is 0 Å². The van der Waals surface area contributed by atoms with Crippen LogP contribution in [0.1, 0.15) is 97.8 Å². The van der Waals surface area contributed by atoms with E-state index in [0.717, 1.165) is 17.8 Å². The van der Waals surface area contributed by atoms with Crippen LogP contribution in [0.3, 0.4) is 0 Å². The van der Waals surface area contributed by atoms with Crippen LogP contribution in [0.5, 0.6) is 0 Å². The molecule has 0 aliphatic heterocycles. The molecule has 0 saturated heterocycles. The van der Waals surface area contributed by atoms with E-state index in [0.29, 0.717) is 0 Å². The van der Waals surface area contributed by atoms with Crippen molar-refractivity contribution in [1.82, 2.24) is 0 Å². The van der Waals surface area contributed by atoms with Gasteiger partial charge in [-0.3, -0.25) is 0 Å². The van der Waals surface area contributed by atoms with Crippen molar-refractivity contribution >= 4 is 11.6 Å². The largest absolute Gasteiger partial charge is 0.379 e. The molecule has 0 heterocycles. The predicted molar refractivity (Wildman–Crippen MR) is 115 cm³/mol. The summed E-state index contributed by atoms with van der Waals surface area (Å²) >= 11 is 4.64. The second-order valence-corrected chi connectivity index (χ2v) is 8.18. The van der Waals surface area contributed by atoms with Crippen molar-refractivity contribution in [1.29, 1.82) is 0 Å². The summed E-state index contributed by atoms with van der Waals surface area (Å²) in [6, 6.07) is 0. The van der Waals surface area contributed by atoms with Gasteiger partial charge in [-0.15, -0.1) is 18.2 Å². The fourth-order valence-corrected chi connectivity index (χ4v) is 4.56. The van der Waals surface area contributed by atoms with Crippen LogP contribution in [-0.4, -0.2) is 19.1 Å². The van der Waals surface area contributed by atoms with Crippen LogP contribution in [0.4, 0.5) is 0 Å². The van der Waals surface area contributed by atoms with Gasteiger partial charge in [0.15, 0.2) is 0 Å². The highest BCUT2D eigenvalue weighted by atomic mass is 35.5. The molecule has 2 aliphatic carbocycles. The van der Waals surface area contributed by atoms with Crippen LogP contribution >= 0.6 is 11.6 Å². The Morgan fingerprint density at radius 2 is 1.48 bits per heavy atom. The van der Waals surface area contributed by atoms with E-state index in [-0.39, 0.29) is 5.60 Å². The molecule has 0 radical (unpaired) electrons. The summed E-state index contributed by atoms with van der Waals surface area (Å²) in [5, 5.41) is 0. The molecule has 150 valence electrons. The van der Waals surface area contributed by atoms with Gasteiger partial charge in [0.05, 0.1) is 5.60 Å². The van der Waals surface area contributed by atoms with Crippen molar-refractivity contribution in [3.63, 3.8) is 0 Å². The van der Waals surface area contributed by atoms with Gasteiger partial charge in [0.25, 0.3) is 0 Å². The molecule has 0 amide bonds. The average Bonchev–Trinajstić information content (AvgIpc) is 2.66. The highest BCUT2D eigenvalue weighted by molar-refractivity contribution is 6.15. The topological polar surface area (TPSA) is 9.23 Å². The van der Waals surface area contributed by atoms with Gasteiger partial charge < -0.3 is 4.74 Å². The summed E-state index contributed by atoms with van der Waals surface area (Å²) in [5.74, 6) is 3.11. The molecule has 0 aromatic rings. The minimum absolute atomic E-state index is 0.188. The number of methoxy groups -OCH3 is 1. The van der Waals surface area contributed by atoms with Gasteiger partial charge in [-0.2, -0.15) is 0 Å². The molecular weight excluding hydrogens is 328 g/mol. The third kappa shape index (κ3) is 10.0. The first-order chi connectivity index (χ1) is 12.1. The second kappa shape index (κ2) is 15.1. The Morgan fingerprint density at radius 1 is 1.00 bits per heavy atom. The monoisotopic (exact) mass is 372 g/mol. The lowest BCUT2D eigenvalue weighted by Crippen LogP contribution is -2.35. The van der Waals surface area contributed by atoms with E-state index in [1.807, 2.05) is 14.0 Å². The molecule has 0 aromatic heterocycles. The van der Waals surface area contributed by atoms with E-state index in [4.69, 9.17) is 4.74 Å². The Balaban J connectivity index is 0.00000104. The van der Waals surface area contributed by atoms with Crippen LogP contribution in [-0.2, 0) is 4.74 Å². The van der Waals surface area contributed by atoms with Crippen molar-refractivity contribution in [2.24, 2.45) is 17.8 Å². The van der Waals surface area contributed by atoms with E-state index >= 15 is 0 Å². The molecule has 0 aromatic carbocycles. The molecule has 2 fully saturated rings. The molecule has 0 unspecified atom stereocenters. The summed E-state index contributed by atoms with van der Waals surface area (Å²) in [4.78, 5) is 0. The van der Waals surface area contributed by atoms with Gasteiger partial charge >= 0.3 is 0 Å². The first-order valence-electron chi connectivity index (χ1n) is 10.6. The van der Waals surface area contributed by atoms with Gasteiger partial charge in [0, 0.05) is 13.5 Å². The maximum atomic E-state index is 5.69. The summed E-state index contributed by atoms with van der Waals surface area (Å²) in [6.07, 6.45) is 20.5. The molecule has 2 rings (SSSR count). The molecule has 0 N–H and O–H groups in total. The number of ether oxygens (including phenoxy) is 1. The van der Waals surface area contributed by atoms with E-state index in [9.17, 15) is 0 Å². The minimum atomic E-state index is 0.188. The number of alkyl halides is 1. The molecular formula is C23H45ClO. The van der Waals surface area contributed by atoms with Crippen LogP contribution < -0.4 is 0 Å². The maximum absolute atomic E-state index is 5.69. The van der Waals surface area contributed by atoms with Crippen LogP contribution in [0.15, 0.2) is 12.7 Å². The lowest BCUT2D eigenvalue weighted by atomic mass is 9.68. The predicted octanol–water partition coefficient (Wildman–Crippen LogP) is 8.02. The van der Waals surface area contributed by atoms with Crippen molar-refractivity contribution in [2.45, 2.75) is 103 Å². The van der Waals surface area contributed by atoms with Crippen molar-refractivity contribution < 1.29 is 4.74 Å². The molecule has 0 bridgehead atoms. The summed E-state index contributed by atoms with van der Waals surface area (Å²) in [7, 11) is 1.89. The third-order valence-corrected chi connectivity index (χ3v) is 6.35. The number of rotatable bonds is 6. The Hall–Kier alpha value is -0.0100. The van der Waals surface area contributed by atoms with Crippen LogP contribution in [0, 0.1) is 17.8 Å². The molecule has 0 atom stereocenters. The molecule has 2 heteroatoms. The number of halogens is 1. The highest BCUT2D eigenvalue weighted by Gasteiger charge is 2.35. The molecule has 25 heavy (non-hydrogen) atoms. The zero-order valence-electron chi connectivity index (χ0n) is 17.8. The highest BCUT2D eigenvalue weighted by Crippen LogP contribution is 2.43. The van der Waals surface area contributed by atoms with E-state index in [2.05, 4.69) is 32.0 Å². The zero-order chi connectivity index (χ0) is 19.1. The van der Waals surface area contributed by atoms with Gasteiger partial charge in [-0.1, -0.05) is 51.5 Å². The Bertz CT molecular complexity index is 299. The fourth-order valence-electron chi connectivity index (χ4n) is 4.56. The van der Waals surface area contributed by atoms with Gasteiger partial charge in [0.1, 0.15) is 0 Å². The molecule has 2 aliphatic rings. The van der Waals surface area contributed by atoms with E-state index in [1.165, 1.54) is 83.4 Å². The smallest absolute Gasteiger partial charge is 0.0651 e. The maximum Gasteiger partial charge on any atom is 0.0651 e. The Labute approximate surface area is 163 Å². The van der Waals surface area contributed by atoms with Crippen molar-refractivity contribution in [3.05, 3.63) is 12.7 Å². The fraction of sp³-hybridized carbons (Fsp3) is 0.913. The molecule has 2 saturated carbocycles. The van der Waals surface area contributed by atoms with Crippen molar-refractivity contribution in [3.8, 4) is 0 Å². The number of allylic oxidation sites excluding steroid dienone is 1. The van der Waals surface area contributed by atoms with Gasteiger partial charge in [-0.25, -0.2) is 0 Å². The average molecular weight is 373 g/mol. The first kappa shape index (κ1) is 25.0. The SMILES string of the molecule is C=CC.CCCCCC1CCC(C2CCC(C)(OC)CC2)CC1.CCl. The first-order valence-corrected chi connectivity index (χ1v) is 11.3. The quantitative estimate of drug-likeness (QED) is 0.260. The van der Waals surface area contributed by atoms with E-state index in [1.54, 1.807) is 6.08 Å². The molecule has 1 nitrogen and oxygen atoms in total. The Kier molecular flexibility index (Phi) is 15.1. The second-order valence-electron chi connectivity index (χ2n) is 8.18. The third-order valence-electron chi connectivity index (χ3n) is 6.35. The molecule has 0 spiro atoms. The normalized spacial score (nSPS) is 31.8. The number of hydrogen-bond donors (Lipinski definition) is 0. The number of unbranched alkanes of at least 4 members (excludes halogenated alkanes) is 2. The standard InChI is InChI=1S/C19H36O.C3H6.CH3Cl/c1-4-5-6-7-16-8-10-17(11-9-16)18-12-14-19(2,20-3)15-13-18;1-3-2;1-2/h16-18H,4-15H2,1-3H3;3H,1H2,2H3;1H3. The summed E-state index contributed by atoms with van der Waals surface area (Å²) in [5.41, 5.74) is 0.188. The van der Waals surface area contributed by atoms with Crippen molar-refractivity contribution in [2.75, 3.05) is 13.5 Å². The van der Waals surface area contributed by atoms with Gasteiger partial charge in [0.2, 0.25) is 0 Å².